The molecule has 2 aliphatic rings. The monoisotopic (exact) mass is 489 g/mol. The van der Waals surface area contributed by atoms with Crippen LogP contribution in [0.2, 0.25) is 0 Å². The molecule has 0 aliphatic carbocycles. The van der Waals surface area contributed by atoms with Crippen molar-refractivity contribution in [3.63, 3.8) is 0 Å². The number of aliphatic carboxylic acids is 1. The van der Waals surface area contributed by atoms with Crippen LogP contribution in [0.1, 0.15) is 26.2 Å². The highest BCUT2D eigenvalue weighted by molar-refractivity contribution is 7.98. The molecule has 1 fully saturated rings. The van der Waals surface area contributed by atoms with E-state index >= 15 is 0 Å². The van der Waals surface area contributed by atoms with E-state index in [0.29, 0.717) is 25.3 Å². The molecule has 2 aromatic rings. The summed E-state index contributed by atoms with van der Waals surface area (Å²) in [5.41, 5.74) is 2.42. The topological polar surface area (TPSA) is 81.2 Å². The van der Waals surface area contributed by atoms with E-state index in [1.807, 2.05) is 47.6 Å². The Bertz CT molecular complexity index is 1120. The Morgan fingerprint density at radius 1 is 1.12 bits per heavy atom. The number of carboxylic acids is 1. The summed E-state index contributed by atoms with van der Waals surface area (Å²) in [5, 5.41) is 9.29. The van der Waals surface area contributed by atoms with Crippen LogP contribution in [0.15, 0.2) is 52.3 Å². The van der Waals surface area contributed by atoms with Gasteiger partial charge in [-0.3, -0.25) is 4.79 Å². The van der Waals surface area contributed by atoms with Gasteiger partial charge >= 0.3 is 5.97 Å². The minimum Gasteiger partial charge on any atom is -0.481 e. The van der Waals surface area contributed by atoms with Crippen molar-refractivity contribution in [2.75, 3.05) is 42.7 Å². The maximum absolute atomic E-state index is 13.8. The molecule has 178 valence electrons. The zero-order valence-corrected chi connectivity index (χ0v) is 20.9. The van der Waals surface area contributed by atoms with Crippen LogP contribution in [-0.4, -0.2) is 62.8 Å². The van der Waals surface area contributed by atoms with Gasteiger partial charge in [-0.2, -0.15) is 4.31 Å². The van der Waals surface area contributed by atoms with E-state index in [9.17, 15) is 18.3 Å². The summed E-state index contributed by atoms with van der Waals surface area (Å²) >= 11 is 1.55. The Labute approximate surface area is 200 Å². The first-order valence-corrected chi connectivity index (χ1v) is 13.9. The Balaban J connectivity index is 1.86. The summed E-state index contributed by atoms with van der Waals surface area (Å²) < 4.78 is 29.1. The molecule has 0 spiro atoms. The molecule has 0 aromatic heterocycles. The average Bonchev–Trinajstić information content (AvgIpc) is 2.85. The lowest BCUT2D eigenvalue weighted by Crippen LogP contribution is -2.50. The van der Waals surface area contributed by atoms with Crippen LogP contribution in [0, 0.1) is 5.92 Å². The first-order valence-electron chi connectivity index (χ1n) is 11.3. The zero-order valence-electron chi connectivity index (χ0n) is 19.3. The number of hydrogen-bond donors (Lipinski definition) is 1. The Morgan fingerprint density at radius 3 is 2.42 bits per heavy atom. The molecular weight excluding hydrogens is 458 g/mol. The smallest absolute Gasteiger partial charge is 0.310 e. The summed E-state index contributed by atoms with van der Waals surface area (Å²) in [5.74, 6) is -1.23. The molecule has 2 heterocycles. The van der Waals surface area contributed by atoms with Gasteiger partial charge in [-0.15, -0.1) is 11.8 Å². The van der Waals surface area contributed by atoms with Gasteiger partial charge in [-0.1, -0.05) is 38.0 Å². The first kappa shape index (κ1) is 23.9. The van der Waals surface area contributed by atoms with Gasteiger partial charge in [0, 0.05) is 43.3 Å². The third kappa shape index (κ3) is 4.46. The highest BCUT2D eigenvalue weighted by Gasteiger charge is 2.39. The van der Waals surface area contributed by atoms with E-state index in [0.717, 1.165) is 35.5 Å². The van der Waals surface area contributed by atoms with Gasteiger partial charge in [0.1, 0.15) is 4.90 Å². The molecule has 0 amide bonds. The third-order valence-electron chi connectivity index (χ3n) is 6.65. The molecule has 2 aliphatic heterocycles. The van der Waals surface area contributed by atoms with Crippen molar-refractivity contribution < 1.29 is 18.3 Å². The van der Waals surface area contributed by atoms with Crippen LogP contribution in [0.4, 0.5) is 17.1 Å². The number of benzene rings is 2. The minimum atomic E-state index is -3.73. The molecule has 1 N–H and O–H groups in total. The average molecular weight is 490 g/mol. The summed E-state index contributed by atoms with van der Waals surface area (Å²) in [7, 11) is -2.05. The molecule has 1 unspecified atom stereocenters. The summed E-state index contributed by atoms with van der Waals surface area (Å²) in [6.07, 6.45) is 4.71. The maximum Gasteiger partial charge on any atom is 0.310 e. The van der Waals surface area contributed by atoms with Gasteiger partial charge in [0.05, 0.1) is 17.3 Å². The largest absolute Gasteiger partial charge is 0.481 e. The highest BCUT2D eigenvalue weighted by atomic mass is 32.2. The van der Waals surface area contributed by atoms with E-state index in [2.05, 4.69) is 11.8 Å². The maximum atomic E-state index is 13.8. The molecule has 2 aromatic carbocycles. The molecule has 1 saturated heterocycles. The number of likely N-dealkylation sites (N-methyl/N-ethyl adjacent to an activating group) is 1. The SMILES string of the molecule is CCCCC1CN(c2ccccc2)c2cc(SC)c(N3CC(C(=O)O)C3)cc2S(=O)(=O)N1C. The lowest BCUT2D eigenvalue weighted by molar-refractivity contribution is -0.142. The molecule has 1 atom stereocenters. The molecule has 7 nitrogen and oxygen atoms in total. The number of para-hydroxylation sites is 1. The second-order valence-electron chi connectivity index (χ2n) is 8.70. The standard InChI is InChI=1S/C24H31N3O4S2/c1-4-5-9-19-16-27(18-10-7-6-8-11-18)21-12-22(32-3)20(26-14-17(15-26)24(28)29)13-23(21)33(30,31)25(19)2/h6-8,10-13,17,19H,4-5,9,14-16H2,1-3H3,(H,28,29). The molecule has 0 bridgehead atoms. The molecule has 0 radical (unpaired) electrons. The summed E-state index contributed by atoms with van der Waals surface area (Å²) in [6.45, 7) is 3.46. The minimum absolute atomic E-state index is 0.149. The van der Waals surface area contributed by atoms with E-state index < -0.39 is 21.9 Å². The number of nitrogens with zero attached hydrogens (tertiary/aromatic N) is 3. The fraction of sp³-hybridized carbons (Fsp3) is 0.458. The van der Waals surface area contributed by atoms with Gasteiger partial charge in [0.15, 0.2) is 0 Å². The van der Waals surface area contributed by atoms with Gasteiger partial charge in [-0.25, -0.2) is 8.42 Å². The van der Waals surface area contributed by atoms with E-state index in [-0.39, 0.29) is 10.9 Å². The van der Waals surface area contributed by atoms with Crippen molar-refractivity contribution in [3.8, 4) is 0 Å². The number of thioether (sulfide) groups is 1. The zero-order chi connectivity index (χ0) is 23.8. The Hall–Kier alpha value is -2.23. The predicted octanol–water partition coefficient (Wildman–Crippen LogP) is 4.26. The number of sulfonamides is 1. The summed E-state index contributed by atoms with van der Waals surface area (Å²) in [6, 6.07) is 13.5. The van der Waals surface area contributed by atoms with Crippen LogP contribution in [0.5, 0.6) is 0 Å². The normalized spacial score (nSPS) is 20.8. The number of rotatable bonds is 7. The highest BCUT2D eigenvalue weighted by Crippen LogP contribution is 2.44. The number of carbonyl (C=O) groups is 1. The fourth-order valence-electron chi connectivity index (χ4n) is 4.54. The van der Waals surface area contributed by atoms with Crippen LogP contribution < -0.4 is 9.80 Å². The predicted molar refractivity (Wildman–Crippen MR) is 133 cm³/mol. The van der Waals surface area contributed by atoms with Gasteiger partial charge in [0.25, 0.3) is 0 Å². The van der Waals surface area contributed by atoms with Crippen LogP contribution in [-0.2, 0) is 14.8 Å². The number of unbranched alkanes of at least 4 members (excludes halogenated alkanes) is 1. The molecular formula is C24H31N3O4S2. The second kappa shape index (κ2) is 9.56. The van der Waals surface area contributed by atoms with Crippen molar-refractivity contribution in [2.45, 2.75) is 42.0 Å². The Morgan fingerprint density at radius 2 is 1.82 bits per heavy atom. The molecule has 0 saturated carbocycles. The van der Waals surface area contributed by atoms with Crippen molar-refractivity contribution >= 4 is 44.8 Å². The van der Waals surface area contributed by atoms with Crippen LogP contribution in [0.25, 0.3) is 0 Å². The van der Waals surface area contributed by atoms with Crippen molar-refractivity contribution in [1.29, 1.82) is 0 Å². The van der Waals surface area contributed by atoms with E-state index in [1.54, 1.807) is 24.9 Å². The summed E-state index contributed by atoms with van der Waals surface area (Å²) in [4.78, 5) is 16.6. The number of anilines is 3. The van der Waals surface area contributed by atoms with Crippen molar-refractivity contribution in [2.24, 2.45) is 5.92 Å². The Kier molecular flexibility index (Phi) is 6.93. The second-order valence-corrected chi connectivity index (χ2v) is 11.5. The van der Waals surface area contributed by atoms with Crippen molar-refractivity contribution in [1.82, 2.24) is 4.31 Å². The van der Waals surface area contributed by atoms with Gasteiger partial charge in [-0.05, 0) is 36.9 Å². The molecule has 4 rings (SSSR count). The number of fused-ring (bicyclic) bond motifs is 1. The van der Waals surface area contributed by atoms with Crippen LogP contribution in [0.3, 0.4) is 0 Å². The number of carboxylic acid groups (broad SMARTS) is 1. The molecule has 9 heteroatoms. The van der Waals surface area contributed by atoms with Gasteiger partial charge in [0.2, 0.25) is 10.0 Å². The quantitative estimate of drug-likeness (QED) is 0.582. The molecule has 33 heavy (non-hydrogen) atoms. The fourth-order valence-corrected chi connectivity index (χ4v) is 6.73. The first-order chi connectivity index (χ1) is 15.8. The van der Waals surface area contributed by atoms with E-state index in [4.69, 9.17) is 0 Å². The lowest BCUT2D eigenvalue weighted by atomic mass is 9.99. The lowest BCUT2D eigenvalue weighted by Gasteiger charge is -2.40. The van der Waals surface area contributed by atoms with Crippen LogP contribution >= 0.6 is 11.8 Å². The van der Waals surface area contributed by atoms with Crippen molar-refractivity contribution in [3.05, 3.63) is 42.5 Å². The van der Waals surface area contributed by atoms with Gasteiger partial charge < -0.3 is 14.9 Å². The van der Waals surface area contributed by atoms with E-state index in [1.165, 1.54) is 4.31 Å². The number of hydrogen-bond acceptors (Lipinski definition) is 6. The third-order valence-corrected chi connectivity index (χ3v) is 9.35.